The smallest absolute Gasteiger partial charge is 0.104 e. The van der Waals surface area contributed by atoms with Crippen LogP contribution in [0, 0.1) is 0 Å². The molecule has 0 aliphatic carbocycles. The number of nitrogens with zero attached hydrogens (tertiary/aromatic N) is 1. The fourth-order valence-corrected chi connectivity index (χ4v) is 2.23. The summed E-state index contributed by atoms with van der Waals surface area (Å²) in [6.07, 6.45) is 1.11. The van der Waals surface area contributed by atoms with Crippen molar-refractivity contribution in [3.63, 3.8) is 0 Å². The van der Waals surface area contributed by atoms with Gasteiger partial charge in [0.15, 0.2) is 0 Å². The molecule has 94 valence electrons. The van der Waals surface area contributed by atoms with Crippen molar-refractivity contribution in [3.05, 3.63) is 76.9 Å². The Balaban J connectivity index is 2.01. The predicted octanol–water partition coefficient (Wildman–Crippen LogP) is 3.97. The van der Waals surface area contributed by atoms with Crippen molar-refractivity contribution < 1.29 is 5.11 Å². The van der Waals surface area contributed by atoms with E-state index in [1.54, 1.807) is 18.3 Å². The molecule has 3 rings (SSSR count). The number of pyridine rings is 1. The average molecular weight is 270 g/mol. The summed E-state index contributed by atoms with van der Waals surface area (Å²) in [5, 5.41) is 12.1. The third kappa shape index (κ3) is 2.46. The van der Waals surface area contributed by atoms with Crippen LogP contribution in [0.4, 0.5) is 0 Å². The van der Waals surface area contributed by atoms with Crippen LogP contribution in [0.3, 0.4) is 0 Å². The Bertz CT molecular complexity index is 709. The maximum Gasteiger partial charge on any atom is 0.104 e. The Kier molecular flexibility index (Phi) is 3.20. The van der Waals surface area contributed by atoms with E-state index in [0.29, 0.717) is 5.02 Å². The van der Waals surface area contributed by atoms with Gasteiger partial charge in [-0.05, 0) is 41.5 Å². The maximum absolute atomic E-state index is 10.4. The highest BCUT2D eigenvalue weighted by Gasteiger charge is 2.10. The number of hydrogen-bond donors (Lipinski definition) is 1. The van der Waals surface area contributed by atoms with Crippen LogP contribution < -0.4 is 0 Å². The van der Waals surface area contributed by atoms with Gasteiger partial charge in [0, 0.05) is 16.6 Å². The number of halogens is 1. The van der Waals surface area contributed by atoms with Gasteiger partial charge in [0.25, 0.3) is 0 Å². The number of aliphatic hydroxyl groups is 1. The van der Waals surface area contributed by atoms with Gasteiger partial charge in [-0.2, -0.15) is 0 Å². The number of aromatic nitrogens is 1. The summed E-state index contributed by atoms with van der Waals surface area (Å²) < 4.78 is 0. The van der Waals surface area contributed by atoms with E-state index in [1.807, 2.05) is 42.5 Å². The van der Waals surface area contributed by atoms with Crippen molar-refractivity contribution in [1.29, 1.82) is 0 Å². The molecule has 2 aromatic carbocycles. The summed E-state index contributed by atoms with van der Waals surface area (Å²) in [5.41, 5.74) is 2.60. The highest BCUT2D eigenvalue weighted by Crippen LogP contribution is 2.25. The normalized spacial score (nSPS) is 12.5. The van der Waals surface area contributed by atoms with Crippen LogP contribution >= 0.6 is 11.6 Å². The molecule has 0 amide bonds. The first-order valence-corrected chi connectivity index (χ1v) is 6.40. The second-order valence-electron chi connectivity index (χ2n) is 4.41. The van der Waals surface area contributed by atoms with Crippen LogP contribution in [0.2, 0.25) is 5.02 Å². The number of benzene rings is 2. The van der Waals surface area contributed by atoms with Gasteiger partial charge >= 0.3 is 0 Å². The lowest BCUT2D eigenvalue weighted by Gasteiger charge is -2.12. The van der Waals surface area contributed by atoms with Crippen LogP contribution in [0.5, 0.6) is 0 Å². The van der Waals surface area contributed by atoms with Crippen LogP contribution in [-0.2, 0) is 0 Å². The fraction of sp³-hybridized carbons (Fsp3) is 0.0625. The lowest BCUT2D eigenvalue weighted by atomic mass is 10.00. The van der Waals surface area contributed by atoms with Gasteiger partial charge in [-0.1, -0.05) is 35.9 Å². The van der Waals surface area contributed by atoms with Crippen molar-refractivity contribution in [3.8, 4) is 0 Å². The fourth-order valence-electron chi connectivity index (χ4n) is 2.10. The number of rotatable bonds is 2. The van der Waals surface area contributed by atoms with E-state index < -0.39 is 6.10 Å². The summed E-state index contributed by atoms with van der Waals surface area (Å²) >= 11 is 5.85. The summed E-state index contributed by atoms with van der Waals surface area (Å²) in [5.74, 6) is 0. The van der Waals surface area contributed by atoms with E-state index >= 15 is 0 Å². The standard InChI is InChI=1S/C16H12ClNO/c17-14-6-3-11(4-7-14)16(19)13-5-8-15-12(10-13)2-1-9-18-15/h1-10,16,19H. The molecule has 2 nitrogen and oxygen atoms in total. The third-order valence-corrected chi connectivity index (χ3v) is 3.38. The van der Waals surface area contributed by atoms with Gasteiger partial charge in [0.05, 0.1) is 5.52 Å². The van der Waals surface area contributed by atoms with Crippen LogP contribution in [-0.4, -0.2) is 10.1 Å². The van der Waals surface area contributed by atoms with Crippen molar-refractivity contribution >= 4 is 22.5 Å². The zero-order valence-corrected chi connectivity index (χ0v) is 10.9. The van der Waals surface area contributed by atoms with E-state index in [1.165, 1.54) is 0 Å². The molecule has 1 aromatic heterocycles. The van der Waals surface area contributed by atoms with Crippen molar-refractivity contribution in [2.45, 2.75) is 6.10 Å². The summed E-state index contributed by atoms with van der Waals surface area (Å²) in [6.45, 7) is 0. The maximum atomic E-state index is 10.4. The van der Waals surface area contributed by atoms with E-state index in [-0.39, 0.29) is 0 Å². The molecule has 19 heavy (non-hydrogen) atoms. The Morgan fingerprint density at radius 2 is 1.68 bits per heavy atom. The van der Waals surface area contributed by atoms with Gasteiger partial charge < -0.3 is 5.11 Å². The Labute approximate surface area is 116 Å². The highest BCUT2D eigenvalue weighted by molar-refractivity contribution is 6.30. The largest absolute Gasteiger partial charge is 0.384 e. The monoisotopic (exact) mass is 269 g/mol. The first-order valence-electron chi connectivity index (χ1n) is 6.02. The highest BCUT2D eigenvalue weighted by atomic mass is 35.5. The Morgan fingerprint density at radius 1 is 0.947 bits per heavy atom. The molecule has 0 bridgehead atoms. The topological polar surface area (TPSA) is 33.1 Å². The molecule has 0 aliphatic heterocycles. The lowest BCUT2D eigenvalue weighted by Crippen LogP contribution is -1.99. The number of hydrogen-bond acceptors (Lipinski definition) is 2. The molecule has 0 aliphatic rings. The van der Waals surface area contributed by atoms with E-state index in [9.17, 15) is 5.11 Å². The van der Waals surface area contributed by atoms with E-state index in [4.69, 9.17) is 11.6 Å². The first kappa shape index (κ1) is 12.2. The summed E-state index contributed by atoms with van der Waals surface area (Å²) in [4.78, 5) is 4.27. The number of aliphatic hydroxyl groups excluding tert-OH is 1. The SMILES string of the molecule is OC(c1ccc(Cl)cc1)c1ccc2ncccc2c1. The minimum atomic E-state index is -0.651. The molecule has 3 heteroatoms. The molecule has 1 N–H and O–H groups in total. The molecule has 1 unspecified atom stereocenters. The second-order valence-corrected chi connectivity index (χ2v) is 4.85. The molecule has 3 aromatic rings. The molecule has 0 radical (unpaired) electrons. The average Bonchev–Trinajstić information content (AvgIpc) is 2.47. The van der Waals surface area contributed by atoms with Gasteiger partial charge in [-0.15, -0.1) is 0 Å². The molecular formula is C16H12ClNO. The second kappa shape index (κ2) is 5.00. The Morgan fingerprint density at radius 3 is 2.47 bits per heavy atom. The molecular weight excluding hydrogens is 258 g/mol. The van der Waals surface area contributed by atoms with Crippen LogP contribution in [0.1, 0.15) is 17.2 Å². The minimum absolute atomic E-state index is 0.651. The number of fused-ring (bicyclic) bond motifs is 1. The molecule has 1 atom stereocenters. The van der Waals surface area contributed by atoms with Crippen molar-refractivity contribution in [2.75, 3.05) is 0 Å². The molecule has 0 fully saturated rings. The molecule has 1 heterocycles. The van der Waals surface area contributed by atoms with Gasteiger partial charge in [0.2, 0.25) is 0 Å². The van der Waals surface area contributed by atoms with E-state index in [2.05, 4.69) is 4.98 Å². The van der Waals surface area contributed by atoms with E-state index in [0.717, 1.165) is 22.0 Å². The third-order valence-electron chi connectivity index (χ3n) is 3.13. The van der Waals surface area contributed by atoms with Gasteiger partial charge in [0.1, 0.15) is 6.10 Å². The first-order chi connectivity index (χ1) is 9.24. The van der Waals surface area contributed by atoms with Gasteiger partial charge in [-0.3, -0.25) is 4.98 Å². The molecule has 0 saturated carbocycles. The lowest BCUT2D eigenvalue weighted by molar-refractivity contribution is 0.220. The van der Waals surface area contributed by atoms with Crippen molar-refractivity contribution in [1.82, 2.24) is 4.98 Å². The zero-order chi connectivity index (χ0) is 13.2. The molecule has 0 saturated heterocycles. The van der Waals surface area contributed by atoms with Crippen LogP contribution in [0.15, 0.2) is 60.8 Å². The quantitative estimate of drug-likeness (QED) is 0.764. The predicted molar refractivity (Wildman–Crippen MR) is 77.3 cm³/mol. The van der Waals surface area contributed by atoms with Crippen LogP contribution in [0.25, 0.3) is 10.9 Å². The zero-order valence-electron chi connectivity index (χ0n) is 10.1. The summed E-state index contributed by atoms with van der Waals surface area (Å²) in [6, 6.07) is 16.9. The Hall–Kier alpha value is -1.90. The summed E-state index contributed by atoms with van der Waals surface area (Å²) in [7, 11) is 0. The van der Waals surface area contributed by atoms with Crippen molar-refractivity contribution in [2.24, 2.45) is 0 Å². The minimum Gasteiger partial charge on any atom is -0.384 e. The van der Waals surface area contributed by atoms with Gasteiger partial charge in [-0.25, -0.2) is 0 Å². The molecule has 0 spiro atoms.